The van der Waals surface area contributed by atoms with Gasteiger partial charge in [0.1, 0.15) is 17.1 Å². The van der Waals surface area contributed by atoms with Gasteiger partial charge in [-0.05, 0) is 38.0 Å². The van der Waals surface area contributed by atoms with Crippen LogP contribution in [0.25, 0.3) is 11.0 Å². The average molecular weight is 303 g/mol. The van der Waals surface area contributed by atoms with E-state index in [4.69, 9.17) is 9.15 Å². The Kier molecular flexibility index (Phi) is 3.83. The number of hydrogen-bond donors (Lipinski definition) is 2. The van der Waals surface area contributed by atoms with Crippen molar-refractivity contribution < 1.29 is 19.1 Å². The molecule has 118 valence electrons. The summed E-state index contributed by atoms with van der Waals surface area (Å²) in [6.07, 6.45) is 3.51. The van der Waals surface area contributed by atoms with Crippen molar-refractivity contribution in [1.82, 2.24) is 5.32 Å². The fourth-order valence-electron chi connectivity index (χ4n) is 3.15. The molecule has 0 radical (unpaired) electrons. The molecule has 5 heteroatoms. The third-order valence-electron chi connectivity index (χ3n) is 4.41. The molecule has 1 heterocycles. The van der Waals surface area contributed by atoms with Crippen LogP contribution in [0.2, 0.25) is 0 Å². The lowest BCUT2D eigenvalue weighted by Crippen LogP contribution is -2.40. The molecule has 0 unspecified atom stereocenters. The number of carbonyl (C=O) groups is 1. The van der Waals surface area contributed by atoms with Crippen LogP contribution in [-0.2, 0) is 0 Å². The maximum Gasteiger partial charge on any atom is 0.255 e. The van der Waals surface area contributed by atoms with Crippen LogP contribution in [0.3, 0.4) is 0 Å². The zero-order valence-corrected chi connectivity index (χ0v) is 12.9. The van der Waals surface area contributed by atoms with Crippen LogP contribution in [0.15, 0.2) is 22.6 Å². The molecular weight excluding hydrogens is 282 g/mol. The third kappa shape index (κ3) is 2.68. The Hall–Kier alpha value is -2.01. The molecule has 1 aromatic heterocycles. The normalized spacial score (nSPS) is 16.9. The summed E-state index contributed by atoms with van der Waals surface area (Å²) in [5.41, 5.74) is 0.402. The number of fused-ring (bicyclic) bond motifs is 1. The quantitative estimate of drug-likeness (QED) is 0.911. The van der Waals surface area contributed by atoms with E-state index in [9.17, 15) is 9.90 Å². The summed E-state index contributed by atoms with van der Waals surface area (Å²) in [5, 5.41) is 13.9. The predicted octanol–water partition coefficient (Wildman–Crippen LogP) is 2.78. The van der Waals surface area contributed by atoms with Gasteiger partial charge in [-0.1, -0.05) is 12.8 Å². The number of ether oxygens (including phenoxy) is 1. The van der Waals surface area contributed by atoms with Crippen molar-refractivity contribution in [3.8, 4) is 5.75 Å². The minimum atomic E-state index is -0.763. The minimum Gasteiger partial charge on any atom is -0.497 e. The molecule has 22 heavy (non-hydrogen) atoms. The Morgan fingerprint density at radius 3 is 2.82 bits per heavy atom. The van der Waals surface area contributed by atoms with Gasteiger partial charge in [0, 0.05) is 11.9 Å². The van der Waals surface area contributed by atoms with E-state index < -0.39 is 5.60 Å². The van der Waals surface area contributed by atoms with Crippen molar-refractivity contribution >= 4 is 16.9 Å². The average Bonchev–Trinajstić information content (AvgIpc) is 3.07. The molecule has 1 saturated carbocycles. The highest BCUT2D eigenvalue weighted by atomic mass is 16.5. The zero-order chi connectivity index (χ0) is 15.7. The second-order valence-corrected chi connectivity index (χ2v) is 6.01. The number of furan rings is 1. The van der Waals surface area contributed by atoms with Gasteiger partial charge >= 0.3 is 0 Å². The van der Waals surface area contributed by atoms with Crippen molar-refractivity contribution in [2.24, 2.45) is 0 Å². The van der Waals surface area contributed by atoms with E-state index in [-0.39, 0.29) is 12.5 Å². The molecule has 1 fully saturated rings. The Labute approximate surface area is 129 Å². The molecule has 3 rings (SSSR count). The summed E-state index contributed by atoms with van der Waals surface area (Å²) in [4.78, 5) is 12.5. The summed E-state index contributed by atoms with van der Waals surface area (Å²) >= 11 is 0. The second-order valence-electron chi connectivity index (χ2n) is 6.01. The molecular formula is C17H21NO4. The number of benzene rings is 1. The first-order chi connectivity index (χ1) is 10.5. The number of aliphatic hydroxyl groups is 1. The van der Waals surface area contributed by atoms with Gasteiger partial charge in [-0.2, -0.15) is 0 Å². The first-order valence-corrected chi connectivity index (χ1v) is 7.60. The first kappa shape index (κ1) is 14.9. The van der Waals surface area contributed by atoms with E-state index in [1.165, 1.54) is 0 Å². The zero-order valence-electron chi connectivity index (χ0n) is 12.9. The van der Waals surface area contributed by atoms with Crippen molar-refractivity contribution in [3.63, 3.8) is 0 Å². The lowest BCUT2D eigenvalue weighted by Gasteiger charge is -2.22. The molecule has 2 aromatic rings. The molecule has 1 amide bonds. The van der Waals surface area contributed by atoms with Crippen LogP contribution in [0.4, 0.5) is 0 Å². The third-order valence-corrected chi connectivity index (χ3v) is 4.41. The highest BCUT2D eigenvalue weighted by Crippen LogP contribution is 2.30. The van der Waals surface area contributed by atoms with Gasteiger partial charge in [0.15, 0.2) is 0 Å². The van der Waals surface area contributed by atoms with E-state index in [0.29, 0.717) is 22.7 Å². The standard InChI is InChI=1S/C17H21NO4/c1-11-15(13-9-12(21-2)5-6-14(13)22-11)16(19)18-10-17(20)7-3-4-8-17/h5-6,9,20H,3-4,7-8,10H2,1-2H3,(H,18,19). The van der Waals surface area contributed by atoms with Crippen LogP contribution in [0, 0.1) is 6.92 Å². The molecule has 1 aliphatic rings. The maximum atomic E-state index is 12.5. The van der Waals surface area contributed by atoms with Gasteiger partial charge in [0.05, 0.1) is 18.3 Å². The number of nitrogens with one attached hydrogen (secondary N) is 1. The van der Waals surface area contributed by atoms with Crippen molar-refractivity contribution in [1.29, 1.82) is 0 Å². The van der Waals surface area contributed by atoms with Gasteiger partial charge < -0.3 is 19.6 Å². The van der Waals surface area contributed by atoms with E-state index in [0.717, 1.165) is 31.1 Å². The molecule has 1 aliphatic carbocycles. The number of methoxy groups -OCH3 is 1. The summed E-state index contributed by atoms with van der Waals surface area (Å²) in [6.45, 7) is 2.05. The molecule has 0 bridgehead atoms. The van der Waals surface area contributed by atoms with Gasteiger partial charge in [-0.3, -0.25) is 4.79 Å². The van der Waals surface area contributed by atoms with Gasteiger partial charge in [-0.15, -0.1) is 0 Å². The lowest BCUT2D eigenvalue weighted by molar-refractivity contribution is 0.0449. The number of aryl methyl sites for hydroxylation is 1. The maximum absolute atomic E-state index is 12.5. The SMILES string of the molecule is COc1ccc2oc(C)c(C(=O)NCC3(O)CCCC3)c2c1. The topological polar surface area (TPSA) is 71.7 Å². The first-order valence-electron chi connectivity index (χ1n) is 7.60. The Balaban J connectivity index is 1.85. The van der Waals surface area contributed by atoms with E-state index in [1.807, 2.05) is 0 Å². The van der Waals surface area contributed by atoms with E-state index >= 15 is 0 Å². The Morgan fingerprint density at radius 2 is 2.14 bits per heavy atom. The summed E-state index contributed by atoms with van der Waals surface area (Å²) in [6, 6.07) is 5.39. The van der Waals surface area contributed by atoms with E-state index in [2.05, 4.69) is 5.32 Å². The fourth-order valence-corrected chi connectivity index (χ4v) is 3.15. The van der Waals surface area contributed by atoms with E-state index in [1.54, 1.807) is 32.2 Å². The molecule has 0 atom stereocenters. The number of amides is 1. The number of carbonyl (C=O) groups excluding carboxylic acids is 1. The van der Waals surface area contributed by atoms with Crippen molar-refractivity contribution in [2.75, 3.05) is 13.7 Å². The van der Waals surface area contributed by atoms with Crippen LogP contribution in [0.5, 0.6) is 5.75 Å². The summed E-state index contributed by atoms with van der Waals surface area (Å²) in [5.74, 6) is 1.03. The highest BCUT2D eigenvalue weighted by molar-refractivity contribution is 6.07. The predicted molar refractivity (Wildman–Crippen MR) is 83.3 cm³/mol. The molecule has 0 saturated heterocycles. The lowest BCUT2D eigenvalue weighted by atomic mass is 10.0. The number of rotatable bonds is 4. The molecule has 2 N–H and O–H groups in total. The van der Waals surface area contributed by atoms with Crippen LogP contribution >= 0.6 is 0 Å². The van der Waals surface area contributed by atoms with Gasteiger partial charge in [0.25, 0.3) is 5.91 Å². The van der Waals surface area contributed by atoms with Crippen molar-refractivity contribution in [3.05, 3.63) is 29.5 Å². The smallest absolute Gasteiger partial charge is 0.255 e. The number of hydrogen-bond acceptors (Lipinski definition) is 4. The van der Waals surface area contributed by atoms with Gasteiger partial charge in [0.2, 0.25) is 0 Å². The summed E-state index contributed by atoms with van der Waals surface area (Å²) in [7, 11) is 1.59. The second kappa shape index (κ2) is 5.65. The van der Waals surface area contributed by atoms with Crippen LogP contribution in [-0.4, -0.2) is 30.3 Å². The van der Waals surface area contributed by atoms with Crippen LogP contribution in [0.1, 0.15) is 41.8 Å². The molecule has 0 aliphatic heterocycles. The highest BCUT2D eigenvalue weighted by Gasteiger charge is 2.32. The minimum absolute atomic E-state index is 0.218. The fraction of sp³-hybridized carbons (Fsp3) is 0.471. The largest absolute Gasteiger partial charge is 0.497 e. The Morgan fingerprint density at radius 1 is 1.41 bits per heavy atom. The van der Waals surface area contributed by atoms with Crippen LogP contribution < -0.4 is 10.1 Å². The molecule has 0 spiro atoms. The Bertz CT molecular complexity index is 698. The van der Waals surface area contributed by atoms with Gasteiger partial charge in [-0.25, -0.2) is 0 Å². The monoisotopic (exact) mass is 303 g/mol. The van der Waals surface area contributed by atoms with Crippen molar-refractivity contribution in [2.45, 2.75) is 38.2 Å². The summed E-state index contributed by atoms with van der Waals surface area (Å²) < 4.78 is 10.8. The molecule has 1 aromatic carbocycles. The molecule has 5 nitrogen and oxygen atoms in total.